The van der Waals surface area contributed by atoms with Crippen molar-refractivity contribution in [3.05, 3.63) is 138 Å². The second kappa shape index (κ2) is 9.95. The molecule has 5 heteroatoms. The fourth-order valence-electron chi connectivity index (χ4n) is 5.65. The molecule has 2 aromatic heterocycles. The number of rotatable bonds is 4. The minimum absolute atomic E-state index is 0.544. The highest BCUT2D eigenvalue weighted by molar-refractivity contribution is 6.31. The van der Waals surface area contributed by atoms with Gasteiger partial charge in [-0.15, -0.1) is 0 Å². The summed E-state index contributed by atoms with van der Waals surface area (Å²) in [4.78, 5) is 15.1. The zero-order valence-electron chi connectivity index (χ0n) is 22.3. The number of hydrogen-bond acceptors (Lipinski definition) is 4. The number of fused-ring (bicyclic) bond motifs is 4. The van der Waals surface area contributed by atoms with E-state index in [4.69, 9.17) is 31.0 Å². The number of hydrogen-bond donors (Lipinski definition) is 0. The predicted molar refractivity (Wildman–Crippen MR) is 171 cm³/mol. The van der Waals surface area contributed by atoms with E-state index in [1.807, 2.05) is 84.9 Å². The fourth-order valence-corrected chi connectivity index (χ4v) is 5.82. The molecule has 0 unspecified atom stereocenters. The topological polar surface area (TPSA) is 51.8 Å². The standard InChI is InChI=1S/C37H22ClN3O/c38-25-20-21-30(32(22-25)27-16-8-13-23-10-4-5-14-26(23)27)36-39-35(24-11-2-1-3-12-24)40-37(41-36)31-18-9-17-29-28-15-6-7-19-33(28)42-34(29)31/h1-22H. The molecule has 0 saturated carbocycles. The first-order valence-corrected chi connectivity index (χ1v) is 14.1. The molecule has 8 rings (SSSR count). The summed E-state index contributed by atoms with van der Waals surface area (Å²) in [5.74, 6) is 1.69. The fraction of sp³-hybridized carbons (Fsp3) is 0. The molecule has 0 aliphatic rings. The van der Waals surface area contributed by atoms with Gasteiger partial charge >= 0.3 is 0 Å². The highest BCUT2D eigenvalue weighted by atomic mass is 35.5. The number of nitrogens with zero attached hydrogens (tertiary/aromatic N) is 3. The SMILES string of the molecule is Clc1ccc(-c2nc(-c3ccccc3)nc(-c3cccc4c3oc3ccccc34)n2)c(-c2cccc3ccccc23)c1. The molecular formula is C37H22ClN3O. The van der Waals surface area contributed by atoms with Crippen LogP contribution < -0.4 is 0 Å². The Balaban J connectivity index is 1.41. The van der Waals surface area contributed by atoms with Crippen molar-refractivity contribution < 1.29 is 4.42 Å². The van der Waals surface area contributed by atoms with Crippen LogP contribution in [0.15, 0.2) is 138 Å². The summed E-state index contributed by atoms with van der Waals surface area (Å²) in [7, 11) is 0. The summed E-state index contributed by atoms with van der Waals surface area (Å²) in [6.07, 6.45) is 0. The van der Waals surface area contributed by atoms with Crippen molar-refractivity contribution >= 4 is 44.3 Å². The van der Waals surface area contributed by atoms with Crippen molar-refractivity contribution in [1.29, 1.82) is 0 Å². The van der Waals surface area contributed by atoms with Gasteiger partial charge in [-0.3, -0.25) is 0 Å². The molecule has 0 N–H and O–H groups in total. The van der Waals surface area contributed by atoms with Crippen LogP contribution in [0.1, 0.15) is 0 Å². The maximum atomic E-state index is 6.60. The van der Waals surface area contributed by atoms with Crippen LogP contribution in [-0.2, 0) is 0 Å². The number of furan rings is 1. The molecule has 198 valence electrons. The van der Waals surface area contributed by atoms with Gasteiger partial charge in [0.05, 0.1) is 5.56 Å². The highest BCUT2D eigenvalue weighted by Gasteiger charge is 2.20. The molecule has 0 aliphatic heterocycles. The van der Waals surface area contributed by atoms with Gasteiger partial charge in [0, 0.05) is 26.9 Å². The van der Waals surface area contributed by atoms with Gasteiger partial charge in [0.2, 0.25) is 0 Å². The summed E-state index contributed by atoms with van der Waals surface area (Å²) >= 11 is 6.60. The van der Waals surface area contributed by atoms with Crippen molar-refractivity contribution in [2.45, 2.75) is 0 Å². The Morgan fingerprint density at radius 1 is 0.452 bits per heavy atom. The lowest BCUT2D eigenvalue weighted by molar-refractivity contribution is 0.669. The third-order valence-corrected chi connectivity index (χ3v) is 7.85. The van der Waals surface area contributed by atoms with Crippen LogP contribution in [0.3, 0.4) is 0 Å². The average molecular weight is 560 g/mol. The van der Waals surface area contributed by atoms with E-state index < -0.39 is 0 Å². The van der Waals surface area contributed by atoms with Crippen molar-refractivity contribution in [3.63, 3.8) is 0 Å². The first kappa shape index (κ1) is 24.5. The van der Waals surface area contributed by atoms with Gasteiger partial charge in [0.25, 0.3) is 0 Å². The number of aromatic nitrogens is 3. The third-order valence-electron chi connectivity index (χ3n) is 7.61. The second-order valence-corrected chi connectivity index (χ2v) is 10.6. The summed E-state index contributed by atoms with van der Waals surface area (Å²) in [5.41, 5.74) is 6.18. The largest absolute Gasteiger partial charge is 0.455 e. The molecule has 42 heavy (non-hydrogen) atoms. The maximum absolute atomic E-state index is 6.60. The molecule has 0 spiro atoms. The third kappa shape index (κ3) is 4.12. The Bertz CT molecular complexity index is 2270. The Morgan fingerprint density at radius 3 is 1.98 bits per heavy atom. The van der Waals surface area contributed by atoms with E-state index in [2.05, 4.69) is 48.5 Å². The lowest BCUT2D eigenvalue weighted by atomic mass is 9.94. The molecule has 0 amide bonds. The Hall–Kier alpha value is -5.32. The lowest BCUT2D eigenvalue weighted by Crippen LogP contribution is -2.01. The van der Waals surface area contributed by atoms with Crippen LogP contribution in [0.5, 0.6) is 0 Å². The zero-order valence-corrected chi connectivity index (χ0v) is 23.1. The summed E-state index contributed by atoms with van der Waals surface area (Å²) < 4.78 is 6.37. The normalized spacial score (nSPS) is 11.5. The molecule has 4 nitrogen and oxygen atoms in total. The highest BCUT2D eigenvalue weighted by Crippen LogP contribution is 2.39. The van der Waals surface area contributed by atoms with Gasteiger partial charge in [-0.2, -0.15) is 0 Å². The lowest BCUT2D eigenvalue weighted by Gasteiger charge is -2.14. The molecule has 0 fully saturated rings. The summed E-state index contributed by atoms with van der Waals surface area (Å²) in [6.45, 7) is 0. The molecule has 0 saturated heterocycles. The minimum Gasteiger partial charge on any atom is -0.455 e. The minimum atomic E-state index is 0.544. The van der Waals surface area contributed by atoms with Crippen LogP contribution in [0, 0.1) is 0 Å². The smallest absolute Gasteiger partial charge is 0.167 e. The Kier molecular flexibility index (Phi) is 5.80. The van der Waals surface area contributed by atoms with Crippen LogP contribution in [0.4, 0.5) is 0 Å². The van der Waals surface area contributed by atoms with Crippen LogP contribution in [0.25, 0.3) is 78.0 Å². The van der Waals surface area contributed by atoms with Crippen LogP contribution >= 0.6 is 11.6 Å². The van der Waals surface area contributed by atoms with E-state index in [1.54, 1.807) is 0 Å². The first-order valence-electron chi connectivity index (χ1n) is 13.7. The monoisotopic (exact) mass is 559 g/mol. The molecule has 0 aliphatic carbocycles. The summed E-state index contributed by atoms with van der Waals surface area (Å²) in [6, 6.07) is 44.7. The maximum Gasteiger partial charge on any atom is 0.167 e. The van der Waals surface area contributed by atoms with E-state index in [-0.39, 0.29) is 0 Å². The molecule has 0 bridgehead atoms. The van der Waals surface area contributed by atoms with Crippen LogP contribution in [0.2, 0.25) is 5.02 Å². The Morgan fingerprint density at radius 2 is 1.10 bits per heavy atom. The van der Waals surface area contributed by atoms with Gasteiger partial charge in [-0.05, 0) is 52.2 Å². The number of halogens is 1. The number of para-hydroxylation sites is 2. The predicted octanol–water partition coefficient (Wildman–Crippen LogP) is 10.2. The van der Waals surface area contributed by atoms with Crippen molar-refractivity contribution in [3.8, 4) is 45.3 Å². The molecule has 8 aromatic rings. The van der Waals surface area contributed by atoms with Crippen LogP contribution in [-0.4, -0.2) is 15.0 Å². The second-order valence-electron chi connectivity index (χ2n) is 10.2. The number of benzene rings is 6. The van der Waals surface area contributed by atoms with Gasteiger partial charge < -0.3 is 4.42 Å². The van der Waals surface area contributed by atoms with E-state index in [0.717, 1.165) is 60.5 Å². The van der Waals surface area contributed by atoms with Gasteiger partial charge in [0.15, 0.2) is 17.5 Å². The molecule has 0 atom stereocenters. The molecule has 6 aromatic carbocycles. The van der Waals surface area contributed by atoms with E-state index in [1.165, 1.54) is 0 Å². The van der Waals surface area contributed by atoms with E-state index in [0.29, 0.717) is 22.5 Å². The van der Waals surface area contributed by atoms with Gasteiger partial charge in [0.1, 0.15) is 11.2 Å². The molecular weight excluding hydrogens is 538 g/mol. The Labute approximate surface area is 246 Å². The zero-order chi connectivity index (χ0) is 28.0. The van der Waals surface area contributed by atoms with Gasteiger partial charge in [-0.1, -0.05) is 115 Å². The van der Waals surface area contributed by atoms with Crippen molar-refractivity contribution in [1.82, 2.24) is 15.0 Å². The van der Waals surface area contributed by atoms with Crippen molar-refractivity contribution in [2.24, 2.45) is 0 Å². The van der Waals surface area contributed by atoms with Crippen molar-refractivity contribution in [2.75, 3.05) is 0 Å². The average Bonchev–Trinajstić information content (AvgIpc) is 3.44. The summed E-state index contributed by atoms with van der Waals surface area (Å²) in [5, 5.41) is 5.01. The first-order chi connectivity index (χ1) is 20.7. The quantitative estimate of drug-likeness (QED) is 0.215. The van der Waals surface area contributed by atoms with E-state index in [9.17, 15) is 0 Å². The molecule has 0 radical (unpaired) electrons. The van der Waals surface area contributed by atoms with Gasteiger partial charge in [-0.25, -0.2) is 15.0 Å². The molecule has 2 heterocycles. The van der Waals surface area contributed by atoms with E-state index >= 15 is 0 Å².